The van der Waals surface area contributed by atoms with E-state index in [0.717, 1.165) is 0 Å². The summed E-state index contributed by atoms with van der Waals surface area (Å²) in [6, 6.07) is 7.83. The van der Waals surface area contributed by atoms with E-state index in [2.05, 4.69) is 4.98 Å². The van der Waals surface area contributed by atoms with Gasteiger partial charge in [-0.25, -0.2) is 4.79 Å². The number of aromatic amines is 1. The molecule has 0 aliphatic carbocycles. The molecule has 3 aromatic rings. The maximum atomic E-state index is 12.7. The normalized spacial score (nSPS) is 11.9. The first-order valence-corrected chi connectivity index (χ1v) is 7.92. The number of halogens is 4. The molecule has 144 valence electrons. The van der Waals surface area contributed by atoms with Crippen LogP contribution in [0.2, 0.25) is 5.02 Å². The number of nitrogens with one attached hydrogen (secondary N) is 1. The summed E-state index contributed by atoms with van der Waals surface area (Å²) in [5.41, 5.74) is -2.47. The van der Waals surface area contributed by atoms with Crippen molar-refractivity contribution in [2.24, 2.45) is 0 Å². The van der Waals surface area contributed by atoms with E-state index < -0.39 is 22.5 Å². The molecule has 0 saturated carbocycles. The van der Waals surface area contributed by atoms with Crippen LogP contribution in [0, 0.1) is 10.1 Å². The number of aromatic nitrogens is 2. The Balaban J connectivity index is 1.88. The minimum atomic E-state index is -4.72. The Labute approximate surface area is 159 Å². The van der Waals surface area contributed by atoms with Crippen LogP contribution in [0.4, 0.5) is 18.9 Å². The largest absolute Gasteiger partial charge is 0.457 e. The molecule has 0 radical (unpaired) electrons. The predicted molar refractivity (Wildman–Crippen MR) is 94.6 cm³/mol. The number of rotatable bonds is 4. The lowest BCUT2D eigenvalue weighted by Crippen LogP contribution is -2.19. The third-order valence-electron chi connectivity index (χ3n) is 3.54. The zero-order chi connectivity index (χ0) is 20.5. The molecule has 1 aromatic carbocycles. The Morgan fingerprint density at radius 2 is 1.93 bits per heavy atom. The lowest BCUT2D eigenvalue weighted by Gasteiger charge is -2.05. The lowest BCUT2D eigenvalue weighted by molar-refractivity contribution is -0.384. The fourth-order valence-electron chi connectivity index (χ4n) is 2.29. The summed E-state index contributed by atoms with van der Waals surface area (Å²) in [6.07, 6.45) is -2.22. The fraction of sp³-hybridized carbons (Fsp3) is 0.0588. The summed E-state index contributed by atoms with van der Waals surface area (Å²) in [4.78, 5) is 26.7. The number of benzene rings is 1. The highest BCUT2D eigenvalue weighted by atomic mass is 35.5. The summed E-state index contributed by atoms with van der Waals surface area (Å²) in [5.74, 6) is 0.525. The Kier molecular flexibility index (Phi) is 5.06. The topological polar surface area (TPSA) is 102 Å². The van der Waals surface area contributed by atoms with E-state index in [1.54, 1.807) is 4.98 Å². The van der Waals surface area contributed by atoms with E-state index in [1.165, 1.54) is 42.5 Å². The van der Waals surface area contributed by atoms with Crippen molar-refractivity contribution in [3.63, 3.8) is 0 Å². The van der Waals surface area contributed by atoms with Gasteiger partial charge in [-0.1, -0.05) is 11.6 Å². The molecule has 0 aliphatic heterocycles. The molecule has 0 unspecified atom stereocenters. The van der Waals surface area contributed by atoms with Crippen molar-refractivity contribution in [1.82, 2.24) is 9.97 Å². The van der Waals surface area contributed by atoms with Crippen molar-refractivity contribution >= 4 is 29.4 Å². The number of nitro groups is 1. The van der Waals surface area contributed by atoms with Crippen molar-refractivity contribution in [3.8, 4) is 11.3 Å². The van der Waals surface area contributed by atoms with Crippen LogP contribution in [-0.2, 0) is 6.18 Å². The molecule has 2 heterocycles. The molecule has 0 fully saturated rings. The van der Waals surface area contributed by atoms with Gasteiger partial charge in [0.15, 0.2) is 0 Å². The highest BCUT2D eigenvalue weighted by Gasteiger charge is 2.32. The van der Waals surface area contributed by atoms with Crippen LogP contribution in [0.3, 0.4) is 0 Å². The van der Waals surface area contributed by atoms with Gasteiger partial charge in [0.05, 0.1) is 10.6 Å². The molecule has 0 aliphatic rings. The SMILES string of the molecule is O=c1nc(/C=C/c2ccc(-c3ccc(Cl)c([N+](=O)[O-])c3)o2)cc(C(F)(F)F)[nH]1. The molecular formula is C17H9ClF3N3O4. The van der Waals surface area contributed by atoms with Crippen LogP contribution >= 0.6 is 11.6 Å². The number of hydrogen-bond donors (Lipinski definition) is 1. The summed E-state index contributed by atoms with van der Waals surface area (Å²) in [6.45, 7) is 0. The molecule has 28 heavy (non-hydrogen) atoms. The Morgan fingerprint density at radius 1 is 1.18 bits per heavy atom. The maximum Gasteiger partial charge on any atom is 0.431 e. The minimum absolute atomic E-state index is 0.0266. The third-order valence-corrected chi connectivity index (χ3v) is 3.86. The van der Waals surface area contributed by atoms with Crippen LogP contribution in [0.15, 0.2) is 45.6 Å². The van der Waals surface area contributed by atoms with Crippen molar-refractivity contribution in [3.05, 3.63) is 79.2 Å². The molecule has 11 heteroatoms. The molecule has 2 aromatic heterocycles. The molecular weight excluding hydrogens is 403 g/mol. The van der Waals surface area contributed by atoms with E-state index in [4.69, 9.17) is 16.0 Å². The van der Waals surface area contributed by atoms with E-state index in [9.17, 15) is 28.1 Å². The predicted octanol–water partition coefficient (Wildman–Crippen LogP) is 4.78. The molecule has 0 spiro atoms. The molecule has 1 N–H and O–H groups in total. The van der Waals surface area contributed by atoms with Crippen LogP contribution in [-0.4, -0.2) is 14.9 Å². The first kappa shape index (κ1) is 19.4. The van der Waals surface area contributed by atoms with Crippen molar-refractivity contribution in [1.29, 1.82) is 0 Å². The number of nitrogens with zero attached hydrogens (tertiary/aromatic N) is 2. The summed E-state index contributed by atoms with van der Waals surface area (Å²) in [7, 11) is 0. The summed E-state index contributed by atoms with van der Waals surface area (Å²) in [5, 5.41) is 10.9. The Bertz CT molecular complexity index is 1140. The van der Waals surface area contributed by atoms with E-state index in [1.807, 2.05) is 0 Å². The first-order chi connectivity index (χ1) is 13.1. The molecule has 0 atom stereocenters. The molecule has 0 saturated heterocycles. The maximum absolute atomic E-state index is 12.7. The number of hydrogen-bond acceptors (Lipinski definition) is 5. The second-order valence-electron chi connectivity index (χ2n) is 5.48. The van der Waals surface area contributed by atoms with Crippen LogP contribution in [0.25, 0.3) is 23.5 Å². The van der Waals surface area contributed by atoms with Gasteiger partial charge < -0.3 is 9.40 Å². The van der Waals surface area contributed by atoms with Gasteiger partial charge in [0.25, 0.3) is 5.69 Å². The Hall–Kier alpha value is -3.40. The van der Waals surface area contributed by atoms with E-state index >= 15 is 0 Å². The zero-order valence-electron chi connectivity index (χ0n) is 13.7. The van der Waals surface area contributed by atoms with Crippen LogP contribution in [0.1, 0.15) is 17.1 Å². The van der Waals surface area contributed by atoms with Gasteiger partial charge in [0, 0.05) is 11.6 Å². The quantitative estimate of drug-likeness (QED) is 0.491. The lowest BCUT2D eigenvalue weighted by atomic mass is 10.1. The fourth-order valence-corrected chi connectivity index (χ4v) is 2.47. The highest BCUT2D eigenvalue weighted by Crippen LogP contribution is 2.31. The molecule has 0 bridgehead atoms. The highest BCUT2D eigenvalue weighted by molar-refractivity contribution is 6.32. The summed E-state index contributed by atoms with van der Waals surface area (Å²) < 4.78 is 43.7. The van der Waals surface area contributed by atoms with Gasteiger partial charge >= 0.3 is 11.9 Å². The van der Waals surface area contributed by atoms with Crippen LogP contribution < -0.4 is 5.69 Å². The van der Waals surface area contributed by atoms with Crippen molar-refractivity contribution < 1.29 is 22.5 Å². The van der Waals surface area contributed by atoms with Gasteiger partial charge in [-0.3, -0.25) is 10.1 Å². The summed E-state index contributed by atoms with van der Waals surface area (Å²) >= 11 is 5.76. The number of nitro benzene ring substituents is 1. The molecule has 3 rings (SSSR count). The average Bonchev–Trinajstić information content (AvgIpc) is 3.08. The molecule has 0 amide bonds. The van der Waals surface area contributed by atoms with Gasteiger partial charge in [-0.05, 0) is 42.5 Å². The average molecular weight is 412 g/mol. The second-order valence-corrected chi connectivity index (χ2v) is 5.89. The Morgan fingerprint density at radius 3 is 2.61 bits per heavy atom. The first-order valence-electron chi connectivity index (χ1n) is 7.54. The zero-order valence-corrected chi connectivity index (χ0v) is 14.4. The van der Waals surface area contributed by atoms with Gasteiger partial charge in [0.2, 0.25) is 0 Å². The number of H-pyrrole nitrogens is 1. The number of alkyl halides is 3. The van der Waals surface area contributed by atoms with E-state index in [0.29, 0.717) is 11.6 Å². The van der Waals surface area contributed by atoms with E-state index in [-0.39, 0.29) is 27.9 Å². The third kappa shape index (κ3) is 4.29. The second kappa shape index (κ2) is 7.31. The monoisotopic (exact) mass is 411 g/mol. The van der Waals surface area contributed by atoms with Gasteiger partial charge in [-0.15, -0.1) is 0 Å². The standard InChI is InChI=1S/C17H9ClF3N3O4/c18-12-5-1-9(7-13(12)24(26)27)14-6-4-11(28-14)3-2-10-8-15(17(19,20)21)23-16(25)22-10/h1-8H,(H,22,23,25)/b3-2+. The number of furan rings is 1. The van der Waals surface area contributed by atoms with Gasteiger partial charge in [0.1, 0.15) is 22.2 Å². The minimum Gasteiger partial charge on any atom is -0.457 e. The smallest absolute Gasteiger partial charge is 0.431 e. The van der Waals surface area contributed by atoms with Crippen LogP contribution in [0.5, 0.6) is 0 Å². The van der Waals surface area contributed by atoms with Crippen molar-refractivity contribution in [2.75, 3.05) is 0 Å². The van der Waals surface area contributed by atoms with Gasteiger partial charge in [-0.2, -0.15) is 18.2 Å². The molecule has 7 nitrogen and oxygen atoms in total. The van der Waals surface area contributed by atoms with Crippen molar-refractivity contribution in [2.45, 2.75) is 6.18 Å².